The van der Waals surface area contributed by atoms with Crippen molar-refractivity contribution in [2.75, 3.05) is 7.05 Å². The topological polar surface area (TPSA) is 83.9 Å². The standard InChI is InChI=1S/C19H23N5O2/c1-12-14(13(2)24(4)22-12)9-10-18(25)23(3)11-17-20-16-8-6-5-7-15(16)19(26)21-17/h5-8H,9-11H2,1-4H3,(H,20,21,26). The Balaban J connectivity index is 1.68. The predicted octanol–water partition coefficient (Wildman–Crippen LogP) is 1.86. The highest BCUT2D eigenvalue weighted by Crippen LogP contribution is 2.15. The van der Waals surface area contributed by atoms with Crippen molar-refractivity contribution >= 4 is 16.8 Å². The number of aromatic nitrogens is 4. The molecule has 7 nitrogen and oxygen atoms in total. The number of aromatic amines is 1. The zero-order valence-corrected chi connectivity index (χ0v) is 15.5. The molecule has 0 aliphatic rings. The third-order valence-electron chi connectivity index (χ3n) is 4.72. The van der Waals surface area contributed by atoms with Gasteiger partial charge in [0.15, 0.2) is 0 Å². The van der Waals surface area contributed by atoms with Crippen molar-refractivity contribution in [3.8, 4) is 0 Å². The molecule has 0 saturated carbocycles. The fourth-order valence-corrected chi connectivity index (χ4v) is 3.12. The van der Waals surface area contributed by atoms with E-state index < -0.39 is 0 Å². The van der Waals surface area contributed by atoms with Gasteiger partial charge in [-0.25, -0.2) is 4.98 Å². The molecule has 0 aliphatic heterocycles. The number of hydrogen-bond acceptors (Lipinski definition) is 4. The minimum absolute atomic E-state index is 0.00320. The number of fused-ring (bicyclic) bond motifs is 1. The number of amides is 1. The molecule has 0 fully saturated rings. The van der Waals surface area contributed by atoms with Crippen LogP contribution in [0.2, 0.25) is 0 Å². The van der Waals surface area contributed by atoms with E-state index in [0.29, 0.717) is 29.6 Å². The zero-order valence-electron chi connectivity index (χ0n) is 15.5. The van der Waals surface area contributed by atoms with Gasteiger partial charge in [-0.1, -0.05) is 12.1 Å². The Morgan fingerprint density at radius 2 is 2.00 bits per heavy atom. The maximum atomic E-state index is 12.5. The third kappa shape index (κ3) is 3.51. The molecule has 3 rings (SSSR count). The summed E-state index contributed by atoms with van der Waals surface area (Å²) in [6, 6.07) is 7.17. The van der Waals surface area contributed by atoms with Gasteiger partial charge in [0.2, 0.25) is 5.91 Å². The summed E-state index contributed by atoms with van der Waals surface area (Å²) >= 11 is 0. The van der Waals surface area contributed by atoms with Crippen LogP contribution in [-0.2, 0) is 24.8 Å². The molecule has 1 aromatic carbocycles. The zero-order chi connectivity index (χ0) is 18.8. The summed E-state index contributed by atoms with van der Waals surface area (Å²) in [5.74, 6) is 0.488. The van der Waals surface area contributed by atoms with Gasteiger partial charge in [-0.3, -0.25) is 14.3 Å². The van der Waals surface area contributed by atoms with E-state index in [4.69, 9.17) is 0 Å². The lowest BCUT2D eigenvalue weighted by molar-refractivity contribution is -0.130. The van der Waals surface area contributed by atoms with Crippen molar-refractivity contribution in [2.24, 2.45) is 7.05 Å². The third-order valence-corrected chi connectivity index (χ3v) is 4.72. The molecule has 7 heteroatoms. The number of hydrogen-bond donors (Lipinski definition) is 1. The Morgan fingerprint density at radius 3 is 2.69 bits per heavy atom. The fourth-order valence-electron chi connectivity index (χ4n) is 3.12. The quantitative estimate of drug-likeness (QED) is 0.759. The molecule has 136 valence electrons. The molecule has 3 aromatic rings. The molecular formula is C19H23N5O2. The Hall–Kier alpha value is -2.96. The number of rotatable bonds is 5. The minimum Gasteiger partial charge on any atom is -0.338 e. The van der Waals surface area contributed by atoms with Crippen molar-refractivity contribution in [3.05, 3.63) is 57.4 Å². The van der Waals surface area contributed by atoms with Crippen molar-refractivity contribution in [2.45, 2.75) is 33.2 Å². The first-order valence-corrected chi connectivity index (χ1v) is 8.57. The van der Waals surface area contributed by atoms with Gasteiger partial charge in [-0.15, -0.1) is 0 Å². The van der Waals surface area contributed by atoms with Crippen LogP contribution in [0.5, 0.6) is 0 Å². The number of H-pyrrole nitrogens is 1. The Bertz CT molecular complexity index is 1020. The molecule has 0 aliphatic carbocycles. The number of carbonyl (C=O) groups is 1. The van der Waals surface area contributed by atoms with Crippen LogP contribution in [0.4, 0.5) is 0 Å². The molecular weight excluding hydrogens is 330 g/mol. The summed E-state index contributed by atoms with van der Waals surface area (Å²) in [5, 5.41) is 4.93. The predicted molar refractivity (Wildman–Crippen MR) is 99.8 cm³/mol. The van der Waals surface area contributed by atoms with Gasteiger partial charge < -0.3 is 9.88 Å². The Labute approximate surface area is 151 Å². The maximum Gasteiger partial charge on any atom is 0.258 e. The average molecular weight is 353 g/mol. The van der Waals surface area contributed by atoms with Crippen LogP contribution in [0, 0.1) is 13.8 Å². The van der Waals surface area contributed by atoms with Gasteiger partial charge in [0.1, 0.15) is 5.82 Å². The molecule has 0 radical (unpaired) electrons. The number of para-hydroxylation sites is 1. The van der Waals surface area contributed by atoms with E-state index in [0.717, 1.165) is 17.0 Å². The molecule has 0 unspecified atom stereocenters. The molecule has 26 heavy (non-hydrogen) atoms. The highest BCUT2D eigenvalue weighted by atomic mass is 16.2. The largest absolute Gasteiger partial charge is 0.338 e. The number of nitrogens with one attached hydrogen (secondary N) is 1. The van der Waals surface area contributed by atoms with Crippen LogP contribution in [0.15, 0.2) is 29.1 Å². The first kappa shape index (κ1) is 17.8. The van der Waals surface area contributed by atoms with E-state index in [1.54, 1.807) is 30.1 Å². The van der Waals surface area contributed by atoms with E-state index in [1.165, 1.54) is 0 Å². The summed E-state index contributed by atoms with van der Waals surface area (Å²) in [4.78, 5) is 33.4. The first-order chi connectivity index (χ1) is 12.4. The monoisotopic (exact) mass is 353 g/mol. The smallest absolute Gasteiger partial charge is 0.258 e. The van der Waals surface area contributed by atoms with Crippen LogP contribution in [0.1, 0.15) is 29.2 Å². The average Bonchev–Trinajstić information content (AvgIpc) is 2.85. The molecule has 1 amide bonds. The number of aryl methyl sites for hydroxylation is 2. The summed E-state index contributed by atoms with van der Waals surface area (Å²) < 4.78 is 1.84. The number of nitrogens with zero attached hydrogens (tertiary/aromatic N) is 4. The first-order valence-electron chi connectivity index (χ1n) is 8.57. The highest BCUT2D eigenvalue weighted by Gasteiger charge is 2.15. The van der Waals surface area contributed by atoms with Crippen LogP contribution < -0.4 is 5.56 Å². The molecule has 1 N–H and O–H groups in total. The van der Waals surface area contributed by atoms with Crippen molar-refractivity contribution in [3.63, 3.8) is 0 Å². The van der Waals surface area contributed by atoms with Crippen LogP contribution in [-0.4, -0.2) is 37.6 Å². The molecule has 0 atom stereocenters. The second kappa shape index (κ2) is 7.11. The van der Waals surface area contributed by atoms with Gasteiger partial charge in [0, 0.05) is 26.2 Å². The molecule has 0 spiro atoms. The molecule has 2 heterocycles. The maximum absolute atomic E-state index is 12.5. The highest BCUT2D eigenvalue weighted by molar-refractivity contribution is 5.78. The van der Waals surface area contributed by atoms with Crippen LogP contribution in [0.3, 0.4) is 0 Å². The lowest BCUT2D eigenvalue weighted by Crippen LogP contribution is -2.28. The van der Waals surface area contributed by atoms with Crippen molar-refractivity contribution in [1.82, 2.24) is 24.6 Å². The van der Waals surface area contributed by atoms with E-state index >= 15 is 0 Å². The van der Waals surface area contributed by atoms with Gasteiger partial charge >= 0.3 is 0 Å². The van der Waals surface area contributed by atoms with E-state index in [-0.39, 0.29) is 18.0 Å². The van der Waals surface area contributed by atoms with Crippen molar-refractivity contribution < 1.29 is 4.79 Å². The van der Waals surface area contributed by atoms with Gasteiger partial charge in [0.25, 0.3) is 5.56 Å². The number of carbonyl (C=O) groups excluding carboxylic acids is 1. The second-order valence-corrected chi connectivity index (χ2v) is 6.55. The van der Waals surface area contributed by atoms with E-state index in [9.17, 15) is 9.59 Å². The van der Waals surface area contributed by atoms with Gasteiger partial charge in [-0.2, -0.15) is 5.10 Å². The van der Waals surface area contributed by atoms with E-state index in [1.807, 2.05) is 31.6 Å². The molecule has 0 bridgehead atoms. The van der Waals surface area contributed by atoms with Crippen LogP contribution >= 0.6 is 0 Å². The summed E-state index contributed by atoms with van der Waals surface area (Å²) in [6.07, 6.45) is 1.04. The van der Waals surface area contributed by atoms with Gasteiger partial charge in [-0.05, 0) is 38.0 Å². The Kier molecular flexibility index (Phi) is 4.88. The lowest BCUT2D eigenvalue weighted by atomic mass is 10.1. The normalized spacial score (nSPS) is 11.1. The molecule has 0 saturated heterocycles. The van der Waals surface area contributed by atoms with Gasteiger partial charge in [0.05, 0.1) is 23.1 Å². The van der Waals surface area contributed by atoms with Crippen LogP contribution in [0.25, 0.3) is 10.9 Å². The molecule has 2 aromatic heterocycles. The minimum atomic E-state index is -0.187. The second-order valence-electron chi connectivity index (χ2n) is 6.55. The summed E-state index contributed by atoms with van der Waals surface area (Å²) in [7, 11) is 3.63. The van der Waals surface area contributed by atoms with Crippen molar-refractivity contribution in [1.29, 1.82) is 0 Å². The summed E-state index contributed by atoms with van der Waals surface area (Å²) in [5.41, 5.74) is 3.60. The Morgan fingerprint density at radius 1 is 1.27 bits per heavy atom. The summed E-state index contributed by atoms with van der Waals surface area (Å²) in [6.45, 7) is 4.23. The number of benzene rings is 1. The SMILES string of the molecule is Cc1nn(C)c(C)c1CCC(=O)N(C)Cc1nc2ccccc2c(=O)[nH]1. The lowest BCUT2D eigenvalue weighted by Gasteiger charge is -2.17. The van der Waals surface area contributed by atoms with E-state index in [2.05, 4.69) is 15.1 Å². The fraction of sp³-hybridized carbons (Fsp3) is 0.368.